The topological polar surface area (TPSA) is 83.4 Å². The minimum atomic E-state index is -0.208. The van der Waals surface area contributed by atoms with E-state index in [9.17, 15) is 9.59 Å². The molecule has 1 N–H and O–H groups in total. The molecule has 0 unspecified atom stereocenters. The van der Waals surface area contributed by atoms with Gasteiger partial charge in [0, 0.05) is 23.1 Å². The van der Waals surface area contributed by atoms with E-state index in [-0.39, 0.29) is 17.2 Å². The van der Waals surface area contributed by atoms with Gasteiger partial charge in [-0.15, -0.1) is 11.3 Å². The first-order valence-corrected chi connectivity index (χ1v) is 7.62. The Balaban J connectivity index is 2.09. The molecule has 0 radical (unpaired) electrons. The standard InChI is InChI=1S/C14H15N5O2S/c1-8-9(2)15-13-16-14(17-19(13)12(8)21)18(10(3)20)7-11-5-4-6-22-11/h4-6H,7H2,1-3H3,(H,15,16,17). The van der Waals surface area contributed by atoms with Crippen molar-refractivity contribution in [1.29, 1.82) is 0 Å². The summed E-state index contributed by atoms with van der Waals surface area (Å²) in [6, 6.07) is 3.87. The molecule has 3 aromatic rings. The predicted octanol–water partition coefficient (Wildman–Crippen LogP) is 1.65. The number of nitrogens with zero attached hydrogens (tertiary/aromatic N) is 4. The molecule has 0 aliphatic heterocycles. The molecule has 8 heteroatoms. The Bertz CT molecular complexity index is 894. The molecule has 0 bridgehead atoms. The number of aryl methyl sites for hydroxylation is 1. The zero-order valence-electron chi connectivity index (χ0n) is 12.5. The van der Waals surface area contributed by atoms with Crippen molar-refractivity contribution < 1.29 is 4.79 Å². The van der Waals surface area contributed by atoms with Crippen LogP contribution in [0.2, 0.25) is 0 Å². The van der Waals surface area contributed by atoms with E-state index in [0.717, 1.165) is 4.88 Å². The summed E-state index contributed by atoms with van der Waals surface area (Å²) in [6.45, 7) is 5.35. The van der Waals surface area contributed by atoms with Crippen molar-refractivity contribution in [3.05, 3.63) is 44.0 Å². The minimum Gasteiger partial charge on any atom is -0.276 e. The molecule has 0 saturated carbocycles. The van der Waals surface area contributed by atoms with Crippen LogP contribution < -0.4 is 10.5 Å². The number of nitrogens with one attached hydrogen (secondary N) is 1. The lowest BCUT2D eigenvalue weighted by Gasteiger charge is -2.16. The van der Waals surface area contributed by atoms with E-state index in [1.165, 1.54) is 16.3 Å². The van der Waals surface area contributed by atoms with Crippen LogP contribution in [0.1, 0.15) is 23.1 Å². The zero-order valence-corrected chi connectivity index (χ0v) is 13.3. The number of aromatic nitrogens is 4. The molecule has 0 spiro atoms. The smallest absolute Gasteiger partial charge is 0.276 e. The van der Waals surface area contributed by atoms with E-state index in [4.69, 9.17) is 0 Å². The molecule has 1 amide bonds. The number of amides is 1. The van der Waals surface area contributed by atoms with Gasteiger partial charge in [0.15, 0.2) is 0 Å². The normalized spacial score (nSPS) is 11.0. The van der Waals surface area contributed by atoms with Crippen LogP contribution in [0.5, 0.6) is 0 Å². The lowest BCUT2D eigenvalue weighted by Crippen LogP contribution is -2.28. The fraction of sp³-hybridized carbons (Fsp3) is 0.286. The number of rotatable bonds is 3. The van der Waals surface area contributed by atoms with Gasteiger partial charge in [-0.25, -0.2) is 4.98 Å². The van der Waals surface area contributed by atoms with Gasteiger partial charge >= 0.3 is 0 Å². The lowest BCUT2D eigenvalue weighted by atomic mass is 10.3. The first-order chi connectivity index (χ1) is 10.5. The number of aromatic amines is 1. The van der Waals surface area contributed by atoms with Crippen LogP contribution in [0.15, 0.2) is 22.3 Å². The third-order valence-electron chi connectivity index (χ3n) is 3.48. The average molecular weight is 317 g/mol. The SMILES string of the molecule is CC(=O)N(Cc1cccs1)c1nc2nc(C)c(C)c(=O)n2[nH]1. The highest BCUT2D eigenvalue weighted by Gasteiger charge is 2.18. The summed E-state index contributed by atoms with van der Waals surface area (Å²) >= 11 is 1.56. The number of carbonyl (C=O) groups excluding carboxylic acids is 1. The molecule has 3 heterocycles. The summed E-state index contributed by atoms with van der Waals surface area (Å²) in [5, 5.41) is 4.82. The predicted molar refractivity (Wildman–Crippen MR) is 84.3 cm³/mol. The molecule has 0 saturated heterocycles. The Kier molecular flexibility index (Phi) is 3.53. The maximum atomic E-state index is 12.2. The third-order valence-corrected chi connectivity index (χ3v) is 4.34. The summed E-state index contributed by atoms with van der Waals surface area (Å²) in [7, 11) is 0. The van der Waals surface area contributed by atoms with Gasteiger partial charge in [-0.05, 0) is 25.3 Å². The molecule has 22 heavy (non-hydrogen) atoms. The van der Waals surface area contributed by atoms with Crippen LogP contribution in [-0.2, 0) is 11.3 Å². The van der Waals surface area contributed by atoms with Crippen molar-refractivity contribution in [2.45, 2.75) is 27.3 Å². The summed E-state index contributed by atoms with van der Waals surface area (Å²) in [4.78, 5) is 35.2. The maximum absolute atomic E-state index is 12.2. The van der Waals surface area contributed by atoms with E-state index in [1.807, 2.05) is 17.5 Å². The quantitative estimate of drug-likeness (QED) is 0.796. The molecule has 0 aliphatic rings. The largest absolute Gasteiger partial charge is 0.277 e. The van der Waals surface area contributed by atoms with Crippen molar-refractivity contribution in [3.63, 3.8) is 0 Å². The van der Waals surface area contributed by atoms with Gasteiger partial charge in [0.2, 0.25) is 11.9 Å². The first-order valence-electron chi connectivity index (χ1n) is 6.74. The second-order valence-electron chi connectivity index (χ2n) is 4.99. The second kappa shape index (κ2) is 5.38. The summed E-state index contributed by atoms with van der Waals surface area (Å²) in [5.41, 5.74) is 0.983. The van der Waals surface area contributed by atoms with E-state index in [1.54, 1.807) is 25.2 Å². The lowest BCUT2D eigenvalue weighted by molar-refractivity contribution is -0.116. The number of carbonyl (C=O) groups is 1. The Labute approximate surface area is 130 Å². The van der Waals surface area contributed by atoms with Crippen LogP contribution >= 0.6 is 11.3 Å². The van der Waals surface area contributed by atoms with Crippen molar-refractivity contribution in [2.75, 3.05) is 4.90 Å². The summed E-state index contributed by atoms with van der Waals surface area (Å²) in [6.07, 6.45) is 0. The molecule has 0 atom stereocenters. The molecular weight excluding hydrogens is 302 g/mol. The number of anilines is 1. The van der Waals surface area contributed by atoms with Crippen molar-refractivity contribution >= 4 is 29.0 Å². The van der Waals surface area contributed by atoms with E-state index in [0.29, 0.717) is 23.8 Å². The molecule has 0 aliphatic carbocycles. The van der Waals surface area contributed by atoms with E-state index >= 15 is 0 Å². The Morgan fingerprint density at radius 2 is 2.18 bits per heavy atom. The van der Waals surface area contributed by atoms with Crippen molar-refractivity contribution in [2.24, 2.45) is 0 Å². The Morgan fingerprint density at radius 1 is 1.41 bits per heavy atom. The first kappa shape index (κ1) is 14.5. The number of fused-ring (bicyclic) bond motifs is 1. The summed E-state index contributed by atoms with van der Waals surface area (Å²) < 4.78 is 1.27. The molecule has 3 aromatic heterocycles. The number of H-pyrrole nitrogens is 1. The molecule has 3 rings (SSSR count). The highest BCUT2D eigenvalue weighted by atomic mass is 32.1. The van der Waals surface area contributed by atoms with Crippen LogP contribution in [-0.4, -0.2) is 25.5 Å². The number of hydrogen-bond acceptors (Lipinski definition) is 5. The van der Waals surface area contributed by atoms with Gasteiger partial charge in [-0.2, -0.15) is 9.50 Å². The molecule has 114 valence electrons. The molecule has 7 nitrogen and oxygen atoms in total. The second-order valence-corrected chi connectivity index (χ2v) is 6.03. The van der Waals surface area contributed by atoms with E-state index < -0.39 is 0 Å². The summed E-state index contributed by atoms with van der Waals surface area (Å²) in [5.74, 6) is 0.421. The zero-order chi connectivity index (χ0) is 15.9. The van der Waals surface area contributed by atoms with Gasteiger partial charge < -0.3 is 0 Å². The monoisotopic (exact) mass is 317 g/mol. The van der Waals surface area contributed by atoms with Crippen molar-refractivity contribution in [1.82, 2.24) is 19.6 Å². The van der Waals surface area contributed by atoms with Gasteiger partial charge in [0.25, 0.3) is 11.3 Å². The van der Waals surface area contributed by atoms with E-state index in [2.05, 4.69) is 15.1 Å². The highest BCUT2D eigenvalue weighted by Crippen LogP contribution is 2.17. The van der Waals surface area contributed by atoms with Crippen LogP contribution in [0, 0.1) is 13.8 Å². The average Bonchev–Trinajstić information content (AvgIpc) is 3.11. The number of hydrogen-bond donors (Lipinski definition) is 1. The number of thiophene rings is 1. The fourth-order valence-corrected chi connectivity index (χ4v) is 2.80. The molecular formula is C14H15N5O2S. The minimum absolute atomic E-state index is 0.158. The van der Waals surface area contributed by atoms with Gasteiger partial charge in [-0.3, -0.25) is 19.6 Å². The molecule has 0 fully saturated rings. The van der Waals surface area contributed by atoms with Gasteiger partial charge in [0.05, 0.1) is 6.54 Å². The van der Waals surface area contributed by atoms with Gasteiger partial charge in [0.1, 0.15) is 0 Å². The Morgan fingerprint density at radius 3 is 2.82 bits per heavy atom. The highest BCUT2D eigenvalue weighted by molar-refractivity contribution is 7.09. The Hall–Kier alpha value is -2.48. The van der Waals surface area contributed by atoms with Crippen LogP contribution in [0.3, 0.4) is 0 Å². The molecule has 0 aromatic carbocycles. The van der Waals surface area contributed by atoms with Crippen molar-refractivity contribution in [3.8, 4) is 0 Å². The maximum Gasteiger partial charge on any atom is 0.277 e. The third kappa shape index (κ3) is 2.41. The van der Waals surface area contributed by atoms with Crippen LogP contribution in [0.4, 0.5) is 5.95 Å². The van der Waals surface area contributed by atoms with Gasteiger partial charge in [-0.1, -0.05) is 6.07 Å². The fourth-order valence-electron chi connectivity index (χ4n) is 2.11. The van der Waals surface area contributed by atoms with Crippen LogP contribution in [0.25, 0.3) is 5.78 Å².